The van der Waals surface area contributed by atoms with Crippen LogP contribution in [0.15, 0.2) is 30.3 Å². The van der Waals surface area contributed by atoms with Crippen molar-refractivity contribution in [3.63, 3.8) is 0 Å². The topological polar surface area (TPSA) is 49.4 Å². The molecule has 1 aromatic rings. The maximum atomic E-state index is 12.1. The van der Waals surface area contributed by atoms with E-state index in [0.29, 0.717) is 6.54 Å². The second-order valence-electron chi connectivity index (χ2n) is 4.86. The molecule has 0 spiro atoms. The van der Waals surface area contributed by atoms with Gasteiger partial charge in [-0.2, -0.15) is 0 Å². The highest BCUT2D eigenvalue weighted by Crippen LogP contribution is 2.19. The van der Waals surface area contributed by atoms with Crippen molar-refractivity contribution < 1.29 is 9.59 Å². The molecule has 1 aromatic carbocycles. The van der Waals surface area contributed by atoms with E-state index < -0.39 is 0 Å². The predicted molar refractivity (Wildman–Crippen MR) is 81.7 cm³/mol. The Labute approximate surface area is 123 Å². The Bertz CT molecular complexity index is 464. The summed E-state index contributed by atoms with van der Waals surface area (Å²) in [5.74, 6) is 0.701. The lowest BCUT2D eigenvalue weighted by atomic mass is 10.0. The Morgan fingerprint density at radius 2 is 2.15 bits per heavy atom. The van der Waals surface area contributed by atoms with Crippen LogP contribution in [0.3, 0.4) is 0 Å². The Balaban J connectivity index is 1.94. The average molecular weight is 292 g/mol. The Morgan fingerprint density at radius 1 is 1.40 bits per heavy atom. The summed E-state index contributed by atoms with van der Waals surface area (Å²) in [6, 6.07) is 10.00. The van der Waals surface area contributed by atoms with Gasteiger partial charge in [0, 0.05) is 12.3 Å². The van der Waals surface area contributed by atoms with Crippen molar-refractivity contribution >= 4 is 22.9 Å². The van der Waals surface area contributed by atoms with Gasteiger partial charge in [0.15, 0.2) is 0 Å². The third-order valence-electron chi connectivity index (χ3n) is 3.29. The predicted octanol–water partition coefficient (Wildman–Crippen LogP) is 2.81. The SMILES string of the molecule is CCC[C@H](NC(=O)CN1CCSC1=O)c1ccccc1. The fourth-order valence-electron chi connectivity index (χ4n) is 2.28. The first kappa shape index (κ1) is 14.9. The van der Waals surface area contributed by atoms with E-state index in [1.165, 1.54) is 11.8 Å². The monoisotopic (exact) mass is 292 g/mol. The van der Waals surface area contributed by atoms with Crippen molar-refractivity contribution in [2.24, 2.45) is 0 Å². The molecule has 1 aliphatic rings. The van der Waals surface area contributed by atoms with E-state index in [2.05, 4.69) is 12.2 Å². The maximum Gasteiger partial charge on any atom is 0.282 e. The van der Waals surface area contributed by atoms with Crippen LogP contribution in [0.2, 0.25) is 0 Å². The van der Waals surface area contributed by atoms with Gasteiger partial charge >= 0.3 is 0 Å². The highest BCUT2D eigenvalue weighted by atomic mass is 32.2. The largest absolute Gasteiger partial charge is 0.348 e. The molecule has 0 aromatic heterocycles. The molecule has 0 aliphatic carbocycles. The molecule has 20 heavy (non-hydrogen) atoms. The Hall–Kier alpha value is -1.49. The van der Waals surface area contributed by atoms with E-state index in [1.54, 1.807) is 4.90 Å². The molecule has 0 radical (unpaired) electrons. The van der Waals surface area contributed by atoms with Gasteiger partial charge in [-0.3, -0.25) is 9.59 Å². The van der Waals surface area contributed by atoms with Crippen LogP contribution in [0.5, 0.6) is 0 Å². The number of carbonyl (C=O) groups excluding carboxylic acids is 2. The van der Waals surface area contributed by atoms with Gasteiger partial charge in [-0.25, -0.2) is 0 Å². The van der Waals surface area contributed by atoms with Crippen LogP contribution in [-0.2, 0) is 4.79 Å². The lowest BCUT2D eigenvalue weighted by Crippen LogP contribution is -2.39. The van der Waals surface area contributed by atoms with E-state index in [4.69, 9.17) is 0 Å². The number of carbonyl (C=O) groups is 2. The van der Waals surface area contributed by atoms with E-state index >= 15 is 0 Å². The molecule has 4 nitrogen and oxygen atoms in total. The summed E-state index contributed by atoms with van der Waals surface area (Å²) >= 11 is 1.28. The summed E-state index contributed by atoms with van der Waals surface area (Å²) in [5, 5.41) is 3.05. The highest BCUT2D eigenvalue weighted by molar-refractivity contribution is 8.13. The summed E-state index contributed by atoms with van der Waals surface area (Å²) in [4.78, 5) is 25.2. The average Bonchev–Trinajstić information content (AvgIpc) is 2.85. The maximum absolute atomic E-state index is 12.1. The summed E-state index contributed by atoms with van der Waals surface area (Å²) in [6.07, 6.45) is 1.90. The summed E-state index contributed by atoms with van der Waals surface area (Å²) in [6.45, 7) is 2.93. The van der Waals surface area contributed by atoms with Crippen LogP contribution in [0.25, 0.3) is 0 Å². The lowest BCUT2D eigenvalue weighted by molar-refractivity contribution is -0.122. The van der Waals surface area contributed by atoms with Gasteiger partial charge < -0.3 is 10.2 Å². The van der Waals surface area contributed by atoms with Crippen LogP contribution in [-0.4, -0.2) is 34.9 Å². The van der Waals surface area contributed by atoms with Crippen LogP contribution < -0.4 is 5.32 Å². The fourth-order valence-corrected chi connectivity index (χ4v) is 3.10. The molecule has 1 aliphatic heterocycles. The van der Waals surface area contributed by atoms with Crippen molar-refractivity contribution in [1.82, 2.24) is 10.2 Å². The number of benzene rings is 1. The smallest absolute Gasteiger partial charge is 0.282 e. The van der Waals surface area contributed by atoms with Crippen molar-refractivity contribution in [2.45, 2.75) is 25.8 Å². The third kappa shape index (κ3) is 4.00. The standard InChI is InChI=1S/C15H20N2O2S/c1-2-6-13(12-7-4-3-5-8-12)16-14(18)11-17-9-10-20-15(17)19/h3-5,7-8,13H,2,6,9-11H2,1H3,(H,16,18)/t13-/m0/s1. The number of hydrogen-bond donors (Lipinski definition) is 1. The number of hydrogen-bond acceptors (Lipinski definition) is 3. The van der Waals surface area contributed by atoms with Crippen molar-refractivity contribution in [1.29, 1.82) is 0 Å². The molecule has 5 heteroatoms. The van der Waals surface area contributed by atoms with Crippen molar-refractivity contribution in [3.05, 3.63) is 35.9 Å². The number of rotatable bonds is 6. The van der Waals surface area contributed by atoms with Crippen LogP contribution in [0, 0.1) is 0 Å². The van der Waals surface area contributed by atoms with E-state index in [0.717, 1.165) is 24.2 Å². The molecule has 1 saturated heterocycles. The van der Waals surface area contributed by atoms with Gasteiger partial charge in [0.2, 0.25) is 5.91 Å². The van der Waals surface area contributed by atoms with Crippen LogP contribution in [0.1, 0.15) is 31.4 Å². The van der Waals surface area contributed by atoms with Gasteiger partial charge in [0.1, 0.15) is 6.54 Å². The fraction of sp³-hybridized carbons (Fsp3) is 0.467. The minimum absolute atomic E-state index is 0.00639. The molecular formula is C15H20N2O2S. The molecule has 108 valence electrons. The minimum Gasteiger partial charge on any atom is -0.348 e. The molecule has 0 bridgehead atoms. The first-order chi connectivity index (χ1) is 9.70. The first-order valence-electron chi connectivity index (χ1n) is 6.96. The second kappa shape index (κ2) is 7.33. The zero-order valence-electron chi connectivity index (χ0n) is 11.7. The Kier molecular flexibility index (Phi) is 5.47. The molecule has 1 heterocycles. The minimum atomic E-state index is -0.0804. The van der Waals surface area contributed by atoms with Crippen molar-refractivity contribution in [2.75, 3.05) is 18.8 Å². The number of nitrogens with zero attached hydrogens (tertiary/aromatic N) is 1. The quantitative estimate of drug-likeness (QED) is 0.877. The third-order valence-corrected chi connectivity index (χ3v) is 4.19. The highest BCUT2D eigenvalue weighted by Gasteiger charge is 2.24. The van der Waals surface area contributed by atoms with Gasteiger partial charge in [-0.05, 0) is 12.0 Å². The number of thioether (sulfide) groups is 1. The van der Waals surface area contributed by atoms with Crippen LogP contribution >= 0.6 is 11.8 Å². The summed E-state index contributed by atoms with van der Waals surface area (Å²) < 4.78 is 0. The zero-order valence-corrected chi connectivity index (χ0v) is 12.5. The van der Waals surface area contributed by atoms with Gasteiger partial charge in [0.05, 0.1) is 6.04 Å². The first-order valence-corrected chi connectivity index (χ1v) is 7.95. The molecule has 2 rings (SSSR count). The van der Waals surface area contributed by atoms with Crippen molar-refractivity contribution in [3.8, 4) is 0 Å². The van der Waals surface area contributed by atoms with E-state index in [1.807, 2.05) is 30.3 Å². The van der Waals surface area contributed by atoms with Gasteiger partial charge in [-0.1, -0.05) is 55.4 Å². The van der Waals surface area contributed by atoms with E-state index in [-0.39, 0.29) is 23.7 Å². The Morgan fingerprint density at radius 3 is 2.75 bits per heavy atom. The summed E-state index contributed by atoms with van der Waals surface area (Å²) in [5.41, 5.74) is 1.12. The van der Waals surface area contributed by atoms with Gasteiger partial charge in [0.25, 0.3) is 5.24 Å². The summed E-state index contributed by atoms with van der Waals surface area (Å²) in [7, 11) is 0. The molecule has 1 N–H and O–H groups in total. The molecular weight excluding hydrogens is 272 g/mol. The van der Waals surface area contributed by atoms with E-state index in [9.17, 15) is 9.59 Å². The lowest BCUT2D eigenvalue weighted by Gasteiger charge is -2.21. The number of nitrogens with one attached hydrogen (secondary N) is 1. The molecule has 0 saturated carbocycles. The van der Waals surface area contributed by atoms with Crippen LogP contribution in [0.4, 0.5) is 4.79 Å². The molecule has 0 unspecified atom stereocenters. The zero-order chi connectivity index (χ0) is 14.4. The molecule has 1 fully saturated rings. The molecule has 1 atom stereocenters. The normalized spacial score (nSPS) is 16.2. The number of amides is 2. The molecule has 2 amide bonds. The van der Waals surface area contributed by atoms with Gasteiger partial charge in [-0.15, -0.1) is 0 Å². The second-order valence-corrected chi connectivity index (χ2v) is 5.90.